The van der Waals surface area contributed by atoms with Crippen LogP contribution in [0, 0.1) is 32.0 Å². The number of hydrogen-bond acceptors (Lipinski definition) is 10. The Morgan fingerprint density at radius 3 is 2.51 bits per heavy atom. The molecule has 16 heteroatoms. The van der Waals surface area contributed by atoms with Gasteiger partial charge in [0.05, 0.1) is 35.1 Å². The summed E-state index contributed by atoms with van der Waals surface area (Å²) in [5.74, 6) is -4.95. The number of fused-ring (bicyclic) bond motifs is 2. The Morgan fingerprint density at radius 2 is 1.87 bits per heavy atom. The molecule has 6 rings (SSSR count). The van der Waals surface area contributed by atoms with E-state index >= 15 is 4.39 Å². The van der Waals surface area contributed by atoms with Crippen LogP contribution in [0.3, 0.4) is 0 Å². The van der Waals surface area contributed by atoms with Crippen molar-refractivity contribution in [2.75, 3.05) is 19.0 Å². The first-order valence-electron chi connectivity index (χ1n) is 14.1. The van der Waals surface area contributed by atoms with Crippen LogP contribution in [0.25, 0.3) is 0 Å². The van der Waals surface area contributed by atoms with Gasteiger partial charge in [0.1, 0.15) is 5.54 Å². The Balaban J connectivity index is 0.00000433. The average Bonchev–Trinajstić information content (AvgIpc) is 3.74. The smallest absolute Gasteiger partial charge is 0.338 e. The standard InChI is InChI=1S/C30H24Cl2FN5O8.CH4/c1-46-28(40)15-4-6-17(21(10-15)37(42)43)23(39)12-22-26(38(44)45)24(18-8-9-34-27(32)25(18)33)30(36(22)13-14-2-3-14)19-7-5-16(31)11-20(19)35-29(30)41;/h4-11,14,22,24,26H,2-3,12-13H2,1H3,(H,35,41);1H4/t22-,24-,26?,30+;/m0./s1. The number of esters is 1. The molecule has 1 unspecified atom stereocenters. The third-order valence-corrected chi connectivity index (χ3v) is 9.44. The summed E-state index contributed by atoms with van der Waals surface area (Å²) in [5.41, 5.74) is -2.84. The average molecular weight is 688 g/mol. The molecule has 1 saturated heterocycles. The summed E-state index contributed by atoms with van der Waals surface area (Å²) in [7, 11) is 1.09. The summed E-state index contributed by atoms with van der Waals surface area (Å²) < 4.78 is 20.5. The molecule has 3 aliphatic rings. The molecule has 2 aromatic carbocycles. The van der Waals surface area contributed by atoms with Crippen molar-refractivity contribution in [3.05, 3.63) is 107 Å². The number of hydrogen-bond donors (Lipinski definition) is 1. The number of likely N-dealkylation sites (tertiary alicyclic amines) is 1. The van der Waals surface area contributed by atoms with Crippen molar-refractivity contribution in [2.45, 2.75) is 50.2 Å². The maximum absolute atomic E-state index is 15.9. The summed E-state index contributed by atoms with van der Waals surface area (Å²) in [6.45, 7) is 0.137. The predicted octanol–water partition coefficient (Wildman–Crippen LogP) is 5.80. The number of nitrogens with zero attached hydrogens (tertiary/aromatic N) is 4. The monoisotopic (exact) mass is 687 g/mol. The number of rotatable bonds is 9. The number of amides is 1. The Hall–Kier alpha value is -4.53. The molecule has 3 aromatic rings. The number of nitrogens with one attached hydrogen (secondary N) is 1. The van der Waals surface area contributed by atoms with Crippen LogP contribution in [0.1, 0.15) is 64.4 Å². The molecule has 246 valence electrons. The minimum atomic E-state index is -1.89. The van der Waals surface area contributed by atoms with Gasteiger partial charge in [-0.25, -0.2) is 14.2 Å². The van der Waals surface area contributed by atoms with E-state index in [4.69, 9.17) is 23.2 Å². The Bertz CT molecular complexity index is 1840. The lowest BCUT2D eigenvalue weighted by molar-refractivity contribution is -0.528. The van der Waals surface area contributed by atoms with Gasteiger partial charge in [-0.1, -0.05) is 36.7 Å². The molecule has 2 aliphatic heterocycles. The zero-order valence-electron chi connectivity index (χ0n) is 23.9. The largest absolute Gasteiger partial charge is 0.465 e. The number of benzene rings is 2. The number of aromatic nitrogens is 1. The molecule has 1 aromatic heterocycles. The maximum atomic E-state index is 15.9. The highest BCUT2D eigenvalue weighted by Gasteiger charge is 2.72. The van der Waals surface area contributed by atoms with Crippen LogP contribution >= 0.6 is 23.2 Å². The zero-order chi connectivity index (χ0) is 33.1. The van der Waals surface area contributed by atoms with E-state index in [1.807, 2.05) is 0 Å². The number of nitro groups is 2. The number of nitro benzene ring substituents is 1. The highest BCUT2D eigenvalue weighted by Crippen LogP contribution is 2.59. The van der Waals surface area contributed by atoms with Crippen molar-refractivity contribution in [2.24, 2.45) is 5.92 Å². The molecule has 1 spiro atoms. The van der Waals surface area contributed by atoms with Gasteiger partial charge in [-0.15, -0.1) is 0 Å². The second kappa shape index (κ2) is 12.6. The highest BCUT2D eigenvalue weighted by atomic mass is 35.5. The van der Waals surface area contributed by atoms with E-state index in [0.717, 1.165) is 32.1 Å². The van der Waals surface area contributed by atoms with Gasteiger partial charge in [0, 0.05) is 52.0 Å². The first kappa shape index (κ1) is 33.8. The lowest BCUT2D eigenvalue weighted by atomic mass is 9.73. The van der Waals surface area contributed by atoms with Crippen molar-refractivity contribution < 1.29 is 33.4 Å². The van der Waals surface area contributed by atoms with E-state index in [9.17, 15) is 34.6 Å². The van der Waals surface area contributed by atoms with Gasteiger partial charge in [0.2, 0.25) is 6.04 Å². The SMILES string of the molecule is C.COC(=O)c1ccc(C(=O)C[C@H]2C([N+](=O)[O-])[C@H](c3ccnc(Cl)c3F)[C@]3(C(=O)Nc4cc(Cl)ccc43)N2CC2CC2)c([N+](=O)[O-])c1. The van der Waals surface area contributed by atoms with Crippen molar-refractivity contribution >= 4 is 52.2 Å². The third kappa shape index (κ3) is 5.49. The van der Waals surface area contributed by atoms with Crippen LogP contribution in [0.5, 0.6) is 0 Å². The molecule has 3 heterocycles. The van der Waals surface area contributed by atoms with Crippen molar-refractivity contribution in [3.8, 4) is 0 Å². The fourth-order valence-electron chi connectivity index (χ4n) is 6.88. The minimum Gasteiger partial charge on any atom is -0.465 e. The van der Waals surface area contributed by atoms with E-state index in [0.29, 0.717) is 5.56 Å². The van der Waals surface area contributed by atoms with Crippen LogP contribution in [-0.2, 0) is 15.1 Å². The van der Waals surface area contributed by atoms with Crippen molar-refractivity contribution in [3.63, 3.8) is 0 Å². The van der Waals surface area contributed by atoms with Gasteiger partial charge in [-0.05, 0) is 49.1 Å². The lowest BCUT2D eigenvalue weighted by Crippen LogP contribution is -2.53. The minimum absolute atomic E-state index is 0. The van der Waals surface area contributed by atoms with Gasteiger partial charge in [-0.3, -0.25) is 34.7 Å². The number of ketones is 1. The van der Waals surface area contributed by atoms with Crippen LogP contribution in [0.15, 0.2) is 48.7 Å². The number of carbonyl (C=O) groups excluding carboxylic acids is 3. The van der Waals surface area contributed by atoms with Gasteiger partial charge < -0.3 is 10.1 Å². The number of carbonyl (C=O) groups is 3. The van der Waals surface area contributed by atoms with E-state index in [-0.39, 0.29) is 41.7 Å². The third-order valence-electron chi connectivity index (χ3n) is 8.94. The molecule has 1 N–H and O–H groups in total. The maximum Gasteiger partial charge on any atom is 0.338 e. The van der Waals surface area contributed by atoms with E-state index in [2.05, 4.69) is 15.0 Å². The fourth-order valence-corrected chi connectivity index (χ4v) is 7.21. The molecular weight excluding hydrogens is 660 g/mol. The molecule has 4 atom stereocenters. The van der Waals surface area contributed by atoms with Gasteiger partial charge in [0.15, 0.2) is 16.8 Å². The first-order chi connectivity index (χ1) is 21.9. The highest BCUT2D eigenvalue weighted by molar-refractivity contribution is 6.31. The van der Waals surface area contributed by atoms with Crippen LogP contribution in [0.4, 0.5) is 15.8 Å². The molecule has 0 bridgehead atoms. The van der Waals surface area contributed by atoms with Crippen LogP contribution in [0.2, 0.25) is 10.2 Å². The lowest BCUT2D eigenvalue weighted by Gasteiger charge is -2.38. The quantitative estimate of drug-likeness (QED) is 0.0951. The summed E-state index contributed by atoms with van der Waals surface area (Å²) in [6.07, 6.45) is 2.04. The van der Waals surface area contributed by atoms with Gasteiger partial charge >= 0.3 is 5.97 Å². The normalized spacial score (nSPS) is 23.1. The fraction of sp³-hybridized carbons (Fsp3) is 0.355. The van der Waals surface area contributed by atoms with E-state index < -0.39 is 79.7 Å². The number of Topliss-reactive ketones (excluding diaryl/α,β-unsaturated/α-hetero) is 1. The van der Waals surface area contributed by atoms with Crippen molar-refractivity contribution in [1.29, 1.82) is 0 Å². The molecule has 13 nitrogen and oxygen atoms in total. The molecular formula is C31H28Cl2FN5O8. The molecule has 1 amide bonds. The molecule has 1 aliphatic carbocycles. The molecule has 2 fully saturated rings. The van der Waals surface area contributed by atoms with Crippen molar-refractivity contribution in [1.82, 2.24) is 9.88 Å². The summed E-state index contributed by atoms with van der Waals surface area (Å²) >= 11 is 12.3. The van der Waals surface area contributed by atoms with E-state index in [1.165, 1.54) is 30.5 Å². The number of pyridine rings is 1. The van der Waals surface area contributed by atoms with Gasteiger partial charge in [-0.2, -0.15) is 0 Å². The number of methoxy groups -OCH3 is 1. The van der Waals surface area contributed by atoms with Gasteiger partial charge in [0.25, 0.3) is 11.6 Å². The van der Waals surface area contributed by atoms with Crippen LogP contribution in [-0.4, -0.2) is 63.1 Å². The Kier molecular flexibility index (Phi) is 9.05. The molecule has 47 heavy (non-hydrogen) atoms. The zero-order valence-corrected chi connectivity index (χ0v) is 25.5. The van der Waals surface area contributed by atoms with Crippen LogP contribution < -0.4 is 5.32 Å². The summed E-state index contributed by atoms with van der Waals surface area (Å²) in [5, 5.41) is 27.6. The van der Waals surface area contributed by atoms with E-state index in [1.54, 1.807) is 11.0 Å². The summed E-state index contributed by atoms with van der Waals surface area (Å²) in [6, 6.07) is 5.81. The topological polar surface area (TPSA) is 175 Å². The number of halogens is 3. The second-order valence-electron chi connectivity index (χ2n) is 11.4. The molecule has 1 saturated carbocycles. The second-order valence-corrected chi connectivity index (χ2v) is 12.2. The molecule has 0 radical (unpaired) electrons. The number of ether oxygens (including phenoxy) is 1. The summed E-state index contributed by atoms with van der Waals surface area (Å²) in [4.78, 5) is 69.2. The Morgan fingerprint density at radius 1 is 1.15 bits per heavy atom. The number of anilines is 1. The Labute approximate surface area is 277 Å². The first-order valence-corrected chi connectivity index (χ1v) is 14.9. The predicted molar refractivity (Wildman–Crippen MR) is 168 cm³/mol.